The van der Waals surface area contributed by atoms with Crippen LogP contribution in [0.15, 0.2) is 72.8 Å². The van der Waals surface area contributed by atoms with Crippen molar-refractivity contribution < 1.29 is 18.3 Å². The summed E-state index contributed by atoms with van der Waals surface area (Å²) in [4.78, 5) is 17.6. The van der Waals surface area contributed by atoms with Gasteiger partial charge in [-0.3, -0.25) is 15.2 Å². The number of imidazole rings is 1. The van der Waals surface area contributed by atoms with Crippen LogP contribution in [0.5, 0.6) is 0 Å². The molecule has 0 aliphatic rings. The van der Waals surface area contributed by atoms with E-state index in [1.807, 2.05) is 60.0 Å². The van der Waals surface area contributed by atoms with Crippen LogP contribution >= 0.6 is 11.6 Å². The molecular weight excluding hydrogens is 460 g/mol. The van der Waals surface area contributed by atoms with Gasteiger partial charge in [-0.05, 0) is 37.3 Å². The van der Waals surface area contributed by atoms with Crippen molar-refractivity contribution in [3.8, 4) is 5.95 Å². The Kier molecular flexibility index (Phi) is 5.59. The number of H-pyrrole nitrogens is 1. The van der Waals surface area contributed by atoms with Crippen molar-refractivity contribution in [1.29, 1.82) is 0 Å². The lowest BCUT2D eigenvalue weighted by Crippen LogP contribution is -2.40. The highest BCUT2D eigenvalue weighted by molar-refractivity contribution is 6.31. The number of benzene rings is 3. The molecule has 0 bridgehead atoms. The van der Waals surface area contributed by atoms with Gasteiger partial charge in [-0.1, -0.05) is 41.9 Å². The van der Waals surface area contributed by atoms with Gasteiger partial charge in [0, 0.05) is 28.4 Å². The predicted molar refractivity (Wildman–Crippen MR) is 125 cm³/mol. The van der Waals surface area contributed by atoms with Gasteiger partial charge in [0.2, 0.25) is 5.82 Å². The molecule has 170 valence electrons. The number of halogens is 3. The smallest absolute Gasteiger partial charge is 0.258 e. The summed E-state index contributed by atoms with van der Waals surface area (Å²) < 4.78 is 31.0. The van der Waals surface area contributed by atoms with E-state index < -0.39 is 17.5 Å². The minimum atomic E-state index is -0.942. The number of carbonyl (C=O) groups excluding carboxylic acids is 1. The van der Waals surface area contributed by atoms with Gasteiger partial charge in [0.05, 0.1) is 12.1 Å². The van der Waals surface area contributed by atoms with E-state index in [0.29, 0.717) is 29.4 Å². The summed E-state index contributed by atoms with van der Waals surface area (Å²) in [5.41, 5.74) is 3.00. The quantitative estimate of drug-likeness (QED) is 0.342. The minimum Gasteiger partial charge on any atom is -0.258 e. The van der Waals surface area contributed by atoms with Crippen LogP contribution in [-0.2, 0) is 6.54 Å². The molecule has 0 atom stereocenters. The number of para-hydroxylation sites is 2. The van der Waals surface area contributed by atoms with Crippen LogP contribution in [0, 0.1) is 18.6 Å². The first-order valence-corrected chi connectivity index (χ1v) is 10.9. The van der Waals surface area contributed by atoms with Crippen LogP contribution < -0.4 is 10.00 Å². The van der Waals surface area contributed by atoms with Gasteiger partial charge in [-0.25, -0.2) is 13.3 Å². The van der Waals surface area contributed by atoms with Crippen molar-refractivity contribution in [2.45, 2.75) is 13.5 Å². The molecule has 0 saturated heterocycles. The topological polar surface area (TPSA) is 66.6 Å². The number of carbonyl (C=O) groups is 1. The number of hydrogen-bond donors (Lipinski definition) is 2. The van der Waals surface area contributed by atoms with Crippen molar-refractivity contribution in [3.05, 3.63) is 106 Å². The largest absolute Gasteiger partial charge is 0.377 e. The van der Waals surface area contributed by atoms with E-state index in [0.717, 1.165) is 34.4 Å². The lowest BCUT2D eigenvalue weighted by molar-refractivity contribution is -0.650. The summed E-state index contributed by atoms with van der Waals surface area (Å²) in [7, 11) is 0. The second-order valence-corrected chi connectivity index (χ2v) is 8.22. The highest BCUT2D eigenvalue weighted by Gasteiger charge is 2.26. The summed E-state index contributed by atoms with van der Waals surface area (Å²) in [5.74, 6) is -1.55. The molecular formula is C25H19ClF2N5O+. The van der Waals surface area contributed by atoms with Gasteiger partial charge >= 0.3 is 11.9 Å². The number of aryl methyl sites for hydroxylation is 1. The summed E-state index contributed by atoms with van der Waals surface area (Å²) in [6.45, 7) is 2.26. The highest BCUT2D eigenvalue weighted by atomic mass is 35.5. The Morgan fingerprint density at radius 3 is 2.65 bits per heavy atom. The first kappa shape index (κ1) is 21.8. The third kappa shape index (κ3) is 4.04. The van der Waals surface area contributed by atoms with Gasteiger partial charge in [0.15, 0.2) is 5.52 Å². The van der Waals surface area contributed by atoms with Crippen molar-refractivity contribution >= 4 is 34.4 Å². The van der Waals surface area contributed by atoms with Gasteiger partial charge in [-0.15, -0.1) is 9.67 Å². The zero-order chi connectivity index (χ0) is 23.8. The molecule has 0 spiro atoms. The molecule has 2 aromatic heterocycles. The molecule has 0 aliphatic heterocycles. The number of aromatic nitrogens is 4. The number of nitrogens with one attached hydrogen (secondary N) is 2. The van der Waals surface area contributed by atoms with E-state index in [1.54, 1.807) is 10.7 Å². The van der Waals surface area contributed by atoms with E-state index in [-0.39, 0.29) is 5.56 Å². The van der Waals surface area contributed by atoms with E-state index in [1.165, 1.54) is 0 Å². The average Bonchev–Trinajstić information content (AvgIpc) is 3.35. The third-order valence-electron chi connectivity index (χ3n) is 5.42. The molecule has 5 rings (SSSR count). The maximum atomic E-state index is 14.2. The van der Waals surface area contributed by atoms with Crippen molar-refractivity contribution in [2.75, 3.05) is 5.32 Å². The van der Waals surface area contributed by atoms with E-state index >= 15 is 0 Å². The summed E-state index contributed by atoms with van der Waals surface area (Å²) in [5, 5.41) is 6.50. The highest BCUT2D eigenvalue weighted by Crippen LogP contribution is 2.23. The van der Waals surface area contributed by atoms with Crippen molar-refractivity contribution in [2.24, 2.45) is 0 Å². The maximum absolute atomic E-state index is 14.2. The third-order valence-corrected chi connectivity index (χ3v) is 5.79. The van der Waals surface area contributed by atoms with Gasteiger partial charge in [-0.2, -0.15) is 0 Å². The zero-order valence-electron chi connectivity index (χ0n) is 18.0. The average molecular weight is 479 g/mol. The Morgan fingerprint density at radius 2 is 1.85 bits per heavy atom. The predicted octanol–water partition coefficient (Wildman–Crippen LogP) is 5.18. The van der Waals surface area contributed by atoms with E-state index in [2.05, 4.69) is 10.4 Å². The molecule has 0 unspecified atom stereocenters. The Bertz CT molecular complexity index is 1540. The first-order valence-electron chi connectivity index (χ1n) is 10.5. The second kappa shape index (κ2) is 8.72. The molecule has 2 heterocycles. The molecule has 5 aromatic rings. The second-order valence-electron chi connectivity index (χ2n) is 7.82. The normalized spacial score (nSPS) is 11.2. The molecule has 2 N–H and O–H groups in total. The number of anilines is 1. The first-order chi connectivity index (χ1) is 16.4. The molecule has 9 heteroatoms. The lowest BCUT2D eigenvalue weighted by atomic mass is 10.2. The van der Waals surface area contributed by atoms with Crippen molar-refractivity contribution in [3.63, 3.8) is 0 Å². The van der Waals surface area contributed by atoms with Crippen molar-refractivity contribution in [1.82, 2.24) is 14.6 Å². The van der Waals surface area contributed by atoms with Gasteiger partial charge in [0.1, 0.15) is 17.2 Å². The molecule has 3 aromatic carbocycles. The van der Waals surface area contributed by atoms with E-state index in [9.17, 15) is 13.6 Å². The fourth-order valence-corrected chi connectivity index (χ4v) is 4.03. The monoisotopic (exact) mass is 478 g/mol. The summed E-state index contributed by atoms with van der Waals surface area (Å²) in [6.07, 6.45) is 0. The molecule has 0 saturated carbocycles. The fourth-order valence-electron chi connectivity index (χ4n) is 3.83. The molecule has 0 aliphatic carbocycles. The van der Waals surface area contributed by atoms with Crippen LogP contribution in [0.3, 0.4) is 0 Å². The molecule has 0 radical (unpaired) electrons. The molecule has 6 nitrogen and oxygen atoms in total. The fraction of sp³-hybridized carbons (Fsp3) is 0.0800. The molecule has 34 heavy (non-hydrogen) atoms. The Labute approximate surface area is 198 Å². The number of fused-ring (bicyclic) bond motifs is 1. The lowest BCUT2D eigenvalue weighted by Gasteiger charge is -2.08. The minimum absolute atomic E-state index is 0.267. The SMILES string of the molecule is Cc1cc(NC(=O)c2ccc(F)cc2F)[n+](-c2nc3ccccc3n2Cc2ccccc2Cl)[nH]1. The number of hydrogen-bond acceptors (Lipinski definition) is 2. The van der Waals surface area contributed by atoms with Gasteiger partial charge in [0.25, 0.3) is 0 Å². The Hall–Kier alpha value is -4.04. The Morgan fingerprint density at radius 1 is 1.09 bits per heavy atom. The van der Waals surface area contributed by atoms with E-state index in [4.69, 9.17) is 16.6 Å². The van der Waals surface area contributed by atoms with Crippen LogP contribution in [-0.4, -0.2) is 20.6 Å². The number of aromatic amines is 1. The van der Waals surface area contributed by atoms with Crippen LogP contribution in [0.25, 0.3) is 17.0 Å². The maximum Gasteiger partial charge on any atom is 0.377 e. The van der Waals surface area contributed by atoms with Crippen LogP contribution in [0.2, 0.25) is 5.02 Å². The summed E-state index contributed by atoms with van der Waals surface area (Å²) in [6, 6.07) is 19.7. The zero-order valence-corrected chi connectivity index (χ0v) is 18.8. The number of amides is 1. The van der Waals surface area contributed by atoms with Crippen LogP contribution in [0.4, 0.5) is 14.6 Å². The van der Waals surface area contributed by atoms with Crippen LogP contribution in [0.1, 0.15) is 21.6 Å². The standard InChI is InChI=1S/C25H18ClF2N5O/c1-15-12-23(30-24(34)18-11-10-17(27)13-20(18)28)33(31-15)25-29-21-8-4-5-9-22(21)32(25)14-16-6-2-3-7-19(16)26/h2-13H,14H2,1H3,(H,30,31,34)/p+1. The summed E-state index contributed by atoms with van der Waals surface area (Å²) >= 11 is 6.42. The number of nitrogens with zero attached hydrogens (tertiary/aromatic N) is 3. The number of rotatable bonds is 5. The molecule has 1 amide bonds. The van der Waals surface area contributed by atoms with Gasteiger partial charge < -0.3 is 0 Å². The molecule has 0 fully saturated rings. The Balaban J connectivity index is 1.60.